The third-order valence-electron chi connectivity index (χ3n) is 5.75. The Morgan fingerprint density at radius 2 is 1.31 bits per heavy atom. The lowest BCUT2D eigenvalue weighted by Crippen LogP contribution is -2.12. The molecule has 0 atom stereocenters. The maximum Gasteiger partial charge on any atom is 0.0481 e. The third kappa shape index (κ3) is 6.03. The van der Waals surface area contributed by atoms with Crippen LogP contribution in [0.3, 0.4) is 0 Å². The highest BCUT2D eigenvalue weighted by molar-refractivity contribution is 5.63. The van der Waals surface area contributed by atoms with Crippen molar-refractivity contribution in [2.24, 2.45) is 5.92 Å². The molecule has 0 fully saturated rings. The van der Waals surface area contributed by atoms with Crippen LogP contribution in [0, 0.1) is 5.92 Å². The van der Waals surface area contributed by atoms with E-state index in [0.29, 0.717) is 0 Å². The van der Waals surface area contributed by atoms with Crippen molar-refractivity contribution in [3.8, 4) is 11.1 Å². The molecule has 0 unspecified atom stereocenters. The minimum absolute atomic E-state index is 0.0152. The molecule has 29 heavy (non-hydrogen) atoms. The van der Waals surface area contributed by atoms with Crippen molar-refractivity contribution in [2.75, 3.05) is 13.2 Å². The molecule has 0 aliphatic carbocycles. The lowest BCUT2D eigenvalue weighted by atomic mass is 9.93. The van der Waals surface area contributed by atoms with E-state index in [-0.39, 0.29) is 19.1 Å². The summed E-state index contributed by atoms with van der Waals surface area (Å²) in [5.74, 6) is -0.0152. The normalized spacial score (nSPS) is 11.2. The van der Waals surface area contributed by atoms with Crippen LogP contribution in [-0.2, 0) is 25.7 Å². The number of aliphatic hydroxyl groups excluding tert-OH is 2. The van der Waals surface area contributed by atoms with Crippen LogP contribution in [-0.4, -0.2) is 23.4 Å². The lowest BCUT2D eigenvalue weighted by Gasteiger charge is -2.13. The molecule has 0 spiro atoms. The van der Waals surface area contributed by atoms with Gasteiger partial charge in [0.25, 0.3) is 0 Å². The summed E-state index contributed by atoms with van der Waals surface area (Å²) in [5, 5.41) is 18.5. The average molecular weight is 389 g/mol. The molecule has 2 heteroatoms. The minimum Gasteiger partial charge on any atom is -0.396 e. The van der Waals surface area contributed by atoms with Crippen molar-refractivity contribution in [1.29, 1.82) is 0 Å². The van der Waals surface area contributed by atoms with Gasteiger partial charge in [-0.25, -0.2) is 0 Å². The molecule has 0 aliphatic rings. The molecule has 152 valence electrons. The smallest absolute Gasteiger partial charge is 0.0481 e. The Balaban J connectivity index is 1.61. The number of benzene rings is 3. The van der Waals surface area contributed by atoms with Crippen molar-refractivity contribution < 1.29 is 10.2 Å². The van der Waals surface area contributed by atoms with Crippen LogP contribution < -0.4 is 0 Å². The summed E-state index contributed by atoms with van der Waals surface area (Å²) in [5.41, 5.74) is 8.01. The van der Waals surface area contributed by atoms with E-state index in [1.165, 1.54) is 33.4 Å². The van der Waals surface area contributed by atoms with Gasteiger partial charge in [0.05, 0.1) is 0 Å². The number of aryl methyl sites for hydroxylation is 4. The van der Waals surface area contributed by atoms with Gasteiger partial charge in [0.1, 0.15) is 0 Å². The average Bonchev–Trinajstić information content (AvgIpc) is 2.79. The first kappa shape index (κ1) is 21.3. The van der Waals surface area contributed by atoms with Crippen LogP contribution >= 0.6 is 0 Å². The Morgan fingerprint density at radius 3 is 1.97 bits per heavy atom. The highest BCUT2D eigenvalue weighted by Gasteiger charge is 2.08. The molecule has 0 aromatic heterocycles. The van der Waals surface area contributed by atoms with Crippen LogP contribution in [0.1, 0.15) is 35.6 Å². The zero-order valence-electron chi connectivity index (χ0n) is 17.3. The quantitative estimate of drug-likeness (QED) is 0.499. The summed E-state index contributed by atoms with van der Waals surface area (Å²) >= 11 is 0. The van der Waals surface area contributed by atoms with Crippen molar-refractivity contribution in [3.05, 3.63) is 95.1 Å². The van der Waals surface area contributed by atoms with Gasteiger partial charge in [-0.3, -0.25) is 0 Å². The first-order chi connectivity index (χ1) is 14.2. The van der Waals surface area contributed by atoms with E-state index in [1.807, 2.05) is 6.07 Å². The second-order valence-electron chi connectivity index (χ2n) is 7.79. The molecule has 2 N–H and O–H groups in total. The van der Waals surface area contributed by atoms with E-state index >= 15 is 0 Å². The van der Waals surface area contributed by atoms with Crippen molar-refractivity contribution in [3.63, 3.8) is 0 Å². The van der Waals surface area contributed by atoms with E-state index in [9.17, 15) is 10.2 Å². The fourth-order valence-electron chi connectivity index (χ4n) is 3.79. The van der Waals surface area contributed by atoms with Gasteiger partial charge in [0.2, 0.25) is 0 Å². The van der Waals surface area contributed by atoms with Crippen LogP contribution in [0.4, 0.5) is 0 Å². The van der Waals surface area contributed by atoms with E-state index in [0.717, 1.165) is 32.1 Å². The van der Waals surface area contributed by atoms with E-state index in [4.69, 9.17) is 0 Å². The van der Waals surface area contributed by atoms with E-state index in [1.54, 1.807) is 0 Å². The molecule has 0 heterocycles. The SMILES string of the molecule is CCc1cc(CCC(CO)CO)ccc1CCc1ccc(-c2ccccc2)cc1. The Kier molecular flexibility index (Phi) is 8.03. The molecule has 2 nitrogen and oxygen atoms in total. The molecule has 0 radical (unpaired) electrons. The third-order valence-corrected chi connectivity index (χ3v) is 5.75. The van der Waals surface area contributed by atoms with E-state index < -0.39 is 0 Å². The zero-order chi connectivity index (χ0) is 20.5. The van der Waals surface area contributed by atoms with Gasteiger partial charge in [0.15, 0.2) is 0 Å². The fourth-order valence-corrected chi connectivity index (χ4v) is 3.79. The van der Waals surface area contributed by atoms with Gasteiger partial charge in [0, 0.05) is 19.1 Å². The minimum atomic E-state index is -0.0152. The molecule has 0 saturated heterocycles. The molecule has 3 aromatic rings. The second kappa shape index (κ2) is 10.9. The van der Waals surface area contributed by atoms with Crippen LogP contribution in [0.25, 0.3) is 11.1 Å². The molecular formula is C27H32O2. The van der Waals surface area contributed by atoms with Crippen LogP contribution in [0.2, 0.25) is 0 Å². The second-order valence-corrected chi connectivity index (χ2v) is 7.79. The lowest BCUT2D eigenvalue weighted by molar-refractivity contribution is 0.144. The van der Waals surface area contributed by atoms with Crippen molar-refractivity contribution in [1.82, 2.24) is 0 Å². The summed E-state index contributed by atoms with van der Waals surface area (Å²) in [7, 11) is 0. The number of hydrogen-bond donors (Lipinski definition) is 2. The van der Waals surface area contributed by atoms with Crippen molar-refractivity contribution in [2.45, 2.75) is 39.0 Å². The summed E-state index contributed by atoms with van der Waals surface area (Å²) in [6.07, 6.45) is 4.84. The molecule has 0 saturated carbocycles. The molecule has 0 aliphatic heterocycles. The first-order valence-corrected chi connectivity index (χ1v) is 10.7. The maximum atomic E-state index is 9.25. The molecule has 3 aromatic carbocycles. The number of aliphatic hydroxyl groups is 2. The van der Waals surface area contributed by atoms with Crippen LogP contribution in [0.5, 0.6) is 0 Å². The predicted molar refractivity (Wildman–Crippen MR) is 121 cm³/mol. The monoisotopic (exact) mass is 388 g/mol. The fraction of sp³-hybridized carbons (Fsp3) is 0.333. The standard InChI is InChI=1S/C27H32O2/c1-2-24-18-22(8-9-23(19-28)20-29)13-17-26(24)14-10-21-11-15-27(16-12-21)25-6-4-3-5-7-25/h3-7,11-13,15-18,23,28-29H,2,8-10,14,19-20H2,1H3. The summed E-state index contributed by atoms with van der Waals surface area (Å²) in [6.45, 7) is 2.32. The van der Waals surface area contributed by atoms with Gasteiger partial charge in [-0.05, 0) is 65.5 Å². The largest absolute Gasteiger partial charge is 0.396 e. The van der Waals surface area contributed by atoms with Crippen molar-refractivity contribution >= 4 is 0 Å². The summed E-state index contributed by atoms with van der Waals surface area (Å²) in [4.78, 5) is 0. The topological polar surface area (TPSA) is 40.5 Å². The van der Waals surface area contributed by atoms with Gasteiger partial charge >= 0.3 is 0 Å². The maximum absolute atomic E-state index is 9.25. The van der Waals surface area contributed by atoms with Crippen LogP contribution in [0.15, 0.2) is 72.8 Å². The highest BCUT2D eigenvalue weighted by atomic mass is 16.3. The summed E-state index contributed by atoms with van der Waals surface area (Å²) < 4.78 is 0. The molecular weight excluding hydrogens is 356 g/mol. The predicted octanol–water partition coefficient (Wildman–Crippen LogP) is 5.23. The molecule has 0 amide bonds. The van der Waals surface area contributed by atoms with Gasteiger partial charge in [-0.15, -0.1) is 0 Å². The number of hydrogen-bond acceptors (Lipinski definition) is 2. The highest BCUT2D eigenvalue weighted by Crippen LogP contribution is 2.21. The van der Waals surface area contributed by atoms with Gasteiger partial charge in [-0.1, -0.05) is 79.7 Å². The molecule has 0 bridgehead atoms. The Morgan fingerprint density at radius 1 is 0.655 bits per heavy atom. The van der Waals surface area contributed by atoms with Gasteiger partial charge in [-0.2, -0.15) is 0 Å². The summed E-state index contributed by atoms with van der Waals surface area (Å²) in [6, 6.07) is 26.2. The Labute approximate surface area is 174 Å². The zero-order valence-corrected chi connectivity index (χ0v) is 17.3. The molecule has 3 rings (SSSR count). The van der Waals surface area contributed by atoms with Gasteiger partial charge < -0.3 is 10.2 Å². The number of rotatable bonds is 10. The Hall–Kier alpha value is -2.42. The Bertz CT molecular complexity index is 865. The van der Waals surface area contributed by atoms with E-state index in [2.05, 4.69) is 73.7 Å². The first-order valence-electron chi connectivity index (χ1n) is 10.7.